The van der Waals surface area contributed by atoms with Gasteiger partial charge >= 0.3 is 0 Å². The number of benzene rings is 1. The molecule has 2 aromatic rings. The highest BCUT2D eigenvalue weighted by molar-refractivity contribution is 7.17. The molecular formula is C13H6Cl2N3O2S-. The number of anilines is 2. The number of aliphatic carboxylic acids is 1. The highest BCUT2D eigenvalue weighted by Gasteiger charge is 2.10. The number of halogens is 2. The molecule has 21 heavy (non-hydrogen) atoms. The molecule has 1 heterocycles. The highest BCUT2D eigenvalue weighted by Crippen LogP contribution is 2.32. The van der Waals surface area contributed by atoms with Crippen molar-refractivity contribution < 1.29 is 9.90 Å². The molecule has 5 nitrogen and oxygen atoms in total. The van der Waals surface area contributed by atoms with Gasteiger partial charge in [0.25, 0.3) is 0 Å². The van der Waals surface area contributed by atoms with Gasteiger partial charge in [0.2, 0.25) is 0 Å². The minimum absolute atomic E-state index is 0.0866. The van der Waals surface area contributed by atoms with Gasteiger partial charge in [-0.25, -0.2) is 4.98 Å². The van der Waals surface area contributed by atoms with E-state index in [0.29, 0.717) is 20.7 Å². The van der Waals surface area contributed by atoms with E-state index in [1.165, 1.54) is 6.07 Å². The average molecular weight is 339 g/mol. The van der Waals surface area contributed by atoms with Crippen LogP contribution >= 0.6 is 34.5 Å². The van der Waals surface area contributed by atoms with Crippen molar-refractivity contribution in [3.05, 3.63) is 44.9 Å². The first kappa shape index (κ1) is 15.3. The van der Waals surface area contributed by atoms with Gasteiger partial charge in [0, 0.05) is 0 Å². The summed E-state index contributed by atoms with van der Waals surface area (Å²) < 4.78 is 0. The number of nitrogens with zero attached hydrogens (tertiary/aromatic N) is 2. The maximum Gasteiger partial charge on any atom is 0.189 e. The Bertz CT molecular complexity index is 765. The second kappa shape index (κ2) is 6.59. The predicted octanol–water partition coefficient (Wildman–Crippen LogP) is 2.85. The zero-order valence-corrected chi connectivity index (χ0v) is 12.6. The maximum atomic E-state index is 10.7. The Kier molecular flexibility index (Phi) is 4.81. The molecule has 0 saturated heterocycles. The Hall–Kier alpha value is -2.07. The standard InChI is InChI=1S/C13H7Cl2N3O2S/c14-8-3-1-2-4-9(8)17-13-18-11(15)10(21-13)5-7(6-16)12(19)20/h1-5H,(H,17,18)(H,19,20)/p-1/b7-5+. The van der Waals surface area contributed by atoms with Crippen LogP contribution in [-0.4, -0.2) is 11.0 Å². The summed E-state index contributed by atoms with van der Waals surface area (Å²) >= 11 is 13.0. The third-order valence-corrected chi connectivity index (χ3v) is 3.99. The number of carbonyl (C=O) groups is 1. The molecule has 0 spiro atoms. The smallest absolute Gasteiger partial charge is 0.189 e. The number of aromatic nitrogens is 1. The number of hydrogen-bond donors (Lipinski definition) is 1. The van der Waals surface area contributed by atoms with E-state index >= 15 is 0 Å². The van der Waals surface area contributed by atoms with Crippen molar-refractivity contribution in [3.63, 3.8) is 0 Å². The quantitative estimate of drug-likeness (QED) is 0.683. The number of nitrogens with one attached hydrogen (secondary N) is 1. The number of carboxylic acid groups (broad SMARTS) is 1. The minimum atomic E-state index is -1.57. The SMILES string of the molecule is N#C/C(=C\c1sc(Nc2ccccc2Cl)nc1Cl)C(=O)[O-]. The zero-order chi connectivity index (χ0) is 15.4. The molecule has 0 unspecified atom stereocenters. The summed E-state index contributed by atoms with van der Waals surface area (Å²) in [5.41, 5.74) is 0.116. The van der Waals surface area contributed by atoms with Gasteiger partial charge in [0.1, 0.15) is 11.2 Å². The molecular weight excluding hydrogens is 333 g/mol. The first-order valence-electron chi connectivity index (χ1n) is 5.52. The Balaban J connectivity index is 2.30. The fourth-order valence-corrected chi connectivity index (χ4v) is 2.70. The predicted molar refractivity (Wildman–Crippen MR) is 80.5 cm³/mol. The van der Waals surface area contributed by atoms with E-state index in [-0.39, 0.29) is 5.15 Å². The van der Waals surface area contributed by atoms with Crippen molar-refractivity contribution in [1.29, 1.82) is 5.26 Å². The second-order valence-corrected chi connectivity index (χ2v) is 5.53. The van der Waals surface area contributed by atoms with Crippen LogP contribution in [0.5, 0.6) is 0 Å². The van der Waals surface area contributed by atoms with Crippen molar-refractivity contribution in [1.82, 2.24) is 4.98 Å². The number of hydrogen-bond acceptors (Lipinski definition) is 6. The first-order chi connectivity index (χ1) is 10.0. The topological polar surface area (TPSA) is 88.8 Å². The van der Waals surface area contributed by atoms with Crippen LogP contribution in [-0.2, 0) is 4.79 Å². The molecule has 0 aliphatic rings. The zero-order valence-electron chi connectivity index (χ0n) is 10.3. The van der Waals surface area contributed by atoms with Crippen LogP contribution in [0.2, 0.25) is 10.2 Å². The molecule has 0 fully saturated rings. The molecule has 0 aliphatic carbocycles. The van der Waals surface area contributed by atoms with Gasteiger partial charge in [-0.2, -0.15) is 5.26 Å². The maximum absolute atomic E-state index is 10.7. The molecule has 0 saturated carbocycles. The van der Waals surface area contributed by atoms with Gasteiger partial charge in [0.15, 0.2) is 5.13 Å². The summed E-state index contributed by atoms with van der Waals surface area (Å²) in [5.74, 6) is -1.57. The lowest BCUT2D eigenvalue weighted by Crippen LogP contribution is -2.23. The van der Waals surface area contributed by atoms with Crippen LogP contribution in [0, 0.1) is 11.3 Å². The Morgan fingerprint density at radius 1 is 1.43 bits per heavy atom. The molecule has 8 heteroatoms. The Morgan fingerprint density at radius 3 is 2.76 bits per heavy atom. The summed E-state index contributed by atoms with van der Waals surface area (Å²) in [7, 11) is 0. The number of rotatable bonds is 4. The molecule has 1 N–H and O–H groups in total. The normalized spacial score (nSPS) is 11.0. The molecule has 1 aromatic carbocycles. The van der Waals surface area contributed by atoms with Crippen LogP contribution in [0.25, 0.3) is 6.08 Å². The lowest BCUT2D eigenvalue weighted by Gasteiger charge is -2.03. The summed E-state index contributed by atoms with van der Waals surface area (Å²) in [6.45, 7) is 0. The van der Waals surface area contributed by atoms with Crippen LogP contribution in [0.1, 0.15) is 4.88 Å². The van der Waals surface area contributed by atoms with E-state index in [1.807, 2.05) is 0 Å². The van der Waals surface area contributed by atoms with E-state index in [2.05, 4.69) is 10.3 Å². The van der Waals surface area contributed by atoms with Crippen LogP contribution in [0.15, 0.2) is 29.8 Å². The van der Waals surface area contributed by atoms with Crippen molar-refractivity contribution in [2.45, 2.75) is 0 Å². The van der Waals surface area contributed by atoms with Gasteiger partial charge in [0.05, 0.1) is 27.1 Å². The van der Waals surface area contributed by atoms with Gasteiger partial charge in [-0.1, -0.05) is 46.7 Å². The molecule has 0 amide bonds. The minimum Gasteiger partial charge on any atom is -0.544 e. The highest BCUT2D eigenvalue weighted by atomic mass is 35.5. The van der Waals surface area contributed by atoms with E-state index in [9.17, 15) is 9.90 Å². The lowest BCUT2D eigenvalue weighted by atomic mass is 10.2. The fraction of sp³-hybridized carbons (Fsp3) is 0. The summed E-state index contributed by atoms with van der Waals surface area (Å²) in [6.07, 6.45) is 1.12. The first-order valence-corrected chi connectivity index (χ1v) is 7.09. The van der Waals surface area contributed by atoms with Crippen molar-refractivity contribution in [2.75, 3.05) is 5.32 Å². The fourth-order valence-electron chi connectivity index (χ4n) is 1.40. The monoisotopic (exact) mass is 338 g/mol. The van der Waals surface area contributed by atoms with Gasteiger partial charge in [-0.05, 0) is 18.2 Å². The van der Waals surface area contributed by atoms with Crippen LogP contribution in [0.4, 0.5) is 10.8 Å². The van der Waals surface area contributed by atoms with Gasteiger partial charge in [-0.3, -0.25) is 0 Å². The molecule has 0 atom stereocenters. The van der Waals surface area contributed by atoms with Gasteiger partial charge < -0.3 is 15.2 Å². The molecule has 106 valence electrons. The summed E-state index contributed by atoms with van der Waals surface area (Å²) in [6, 6.07) is 8.58. The lowest BCUT2D eigenvalue weighted by molar-refractivity contribution is -0.298. The van der Waals surface area contributed by atoms with E-state index in [0.717, 1.165) is 17.4 Å². The summed E-state index contributed by atoms with van der Waals surface area (Å²) in [5, 5.41) is 23.4. The molecule has 2 rings (SSSR count). The number of carbonyl (C=O) groups excluding carboxylic acids is 1. The molecule has 0 aliphatic heterocycles. The third-order valence-electron chi connectivity index (χ3n) is 2.34. The second-order valence-electron chi connectivity index (χ2n) is 3.74. The molecule has 1 aromatic heterocycles. The van der Waals surface area contributed by atoms with E-state index < -0.39 is 11.5 Å². The van der Waals surface area contributed by atoms with Crippen LogP contribution in [0.3, 0.4) is 0 Å². The van der Waals surface area contributed by atoms with E-state index in [4.69, 9.17) is 28.5 Å². The Morgan fingerprint density at radius 2 is 2.14 bits per heavy atom. The average Bonchev–Trinajstić information content (AvgIpc) is 2.78. The van der Waals surface area contributed by atoms with Crippen LogP contribution < -0.4 is 10.4 Å². The number of nitriles is 1. The van der Waals surface area contributed by atoms with Crippen molar-refractivity contribution in [2.24, 2.45) is 0 Å². The molecule has 0 radical (unpaired) electrons. The Labute approximate surface area is 134 Å². The number of para-hydroxylation sites is 1. The van der Waals surface area contributed by atoms with Crippen molar-refractivity contribution in [3.8, 4) is 6.07 Å². The van der Waals surface area contributed by atoms with Gasteiger partial charge in [-0.15, -0.1) is 0 Å². The number of carboxylic acids is 1. The third kappa shape index (κ3) is 3.73. The van der Waals surface area contributed by atoms with Crippen molar-refractivity contribution >= 4 is 57.4 Å². The summed E-state index contributed by atoms with van der Waals surface area (Å²) in [4.78, 5) is 15.1. The van der Waals surface area contributed by atoms with E-state index in [1.54, 1.807) is 24.3 Å². The number of thiazole rings is 1. The largest absolute Gasteiger partial charge is 0.544 e. The molecule has 0 bridgehead atoms.